The van der Waals surface area contributed by atoms with E-state index in [0.29, 0.717) is 11.4 Å². The van der Waals surface area contributed by atoms with Crippen LogP contribution in [0.4, 0.5) is 11.4 Å². The number of rotatable bonds is 3. The van der Waals surface area contributed by atoms with Gasteiger partial charge in [0.1, 0.15) is 0 Å². The molecule has 0 fully saturated rings. The van der Waals surface area contributed by atoms with Crippen LogP contribution in [0.2, 0.25) is 0 Å². The molecule has 1 heterocycles. The second-order valence-corrected chi connectivity index (χ2v) is 3.78. The van der Waals surface area contributed by atoms with Crippen LogP contribution in [0.15, 0.2) is 36.5 Å². The van der Waals surface area contributed by atoms with E-state index in [-0.39, 0.29) is 17.1 Å². The van der Waals surface area contributed by atoms with E-state index in [1.165, 1.54) is 19.4 Å². The molecule has 0 aliphatic carbocycles. The van der Waals surface area contributed by atoms with Crippen molar-refractivity contribution in [3.63, 3.8) is 0 Å². The second-order valence-electron chi connectivity index (χ2n) is 3.78. The van der Waals surface area contributed by atoms with Gasteiger partial charge in [0.25, 0.3) is 5.91 Å². The number of nitrogens with two attached hydrogens (primary N) is 1. The van der Waals surface area contributed by atoms with Gasteiger partial charge in [0.15, 0.2) is 17.2 Å². The van der Waals surface area contributed by atoms with Gasteiger partial charge < -0.3 is 20.9 Å². The SMILES string of the molecule is COc1ccc(NC(=O)c2ncccc2N)cc1O. The second kappa shape index (κ2) is 5.26. The van der Waals surface area contributed by atoms with E-state index >= 15 is 0 Å². The number of phenolic OH excluding ortho intramolecular Hbond substituents is 1. The number of nitrogens with one attached hydrogen (secondary N) is 1. The summed E-state index contributed by atoms with van der Waals surface area (Å²) >= 11 is 0. The summed E-state index contributed by atoms with van der Waals surface area (Å²) in [6.07, 6.45) is 1.48. The molecule has 0 radical (unpaired) electrons. The number of ether oxygens (including phenoxy) is 1. The van der Waals surface area contributed by atoms with Crippen molar-refractivity contribution in [3.8, 4) is 11.5 Å². The highest BCUT2D eigenvalue weighted by atomic mass is 16.5. The molecule has 1 amide bonds. The third-order valence-corrected chi connectivity index (χ3v) is 2.49. The molecule has 98 valence electrons. The van der Waals surface area contributed by atoms with Crippen LogP contribution < -0.4 is 15.8 Å². The first-order valence-electron chi connectivity index (χ1n) is 5.50. The fourth-order valence-electron chi connectivity index (χ4n) is 1.57. The van der Waals surface area contributed by atoms with E-state index in [4.69, 9.17) is 10.5 Å². The fraction of sp³-hybridized carbons (Fsp3) is 0.0769. The number of phenols is 1. The smallest absolute Gasteiger partial charge is 0.276 e. The summed E-state index contributed by atoms with van der Waals surface area (Å²) in [7, 11) is 1.45. The Balaban J connectivity index is 2.20. The molecule has 0 saturated heterocycles. The number of nitrogens with zero attached hydrogens (tertiary/aromatic N) is 1. The third kappa shape index (κ3) is 2.74. The number of anilines is 2. The van der Waals surface area contributed by atoms with E-state index in [1.54, 1.807) is 24.3 Å². The molecule has 0 spiro atoms. The Hall–Kier alpha value is -2.76. The standard InChI is InChI=1S/C13H13N3O3/c1-19-11-5-4-8(7-10(11)17)16-13(18)12-9(14)3-2-6-15-12/h2-7,17H,14H2,1H3,(H,16,18). The molecule has 2 aromatic rings. The highest BCUT2D eigenvalue weighted by Crippen LogP contribution is 2.28. The Morgan fingerprint density at radius 1 is 1.42 bits per heavy atom. The number of pyridine rings is 1. The van der Waals surface area contributed by atoms with E-state index in [2.05, 4.69) is 10.3 Å². The zero-order chi connectivity index (χ0) is 13.8. The molecule has 0 saturated carbocycles. The molecule has 0 aliphatic rings. The number of amides is 1. The number of nitrogen functional groups attached to an aromatic ring is 1. The van der Waals surface area contributed by atoms with Gasteiger partial charge in [0, 0.05) is 18.0 Å². The van der Waals surface area contributed by atoms with Crippen LogP contribution in [0, 0.1) is 0 Å². The van der Waals surface area contributed by atoms with Gasteiger partial charge in [-0.2, -0.15) is 0 Å². The maximum absolute atomic E-state index is 11.9. The average molecular weight is 259 g/mol. The van der Waals surface area contributed by atoms with Crippen molar-refractivity contribution >= 4 is 17.3 Å². The summed E-state index contributed by atoms with van der Waals surface area (Å²) in [5, 5.41) is 12.2. The minimum atomic E-state index is -0.442. The van der Waals surface area contributed by atoms with E-state index in [9.17, 15) is 9.90 Å². The first kappa shape index (κ1) is 12.7. The molecule has 4 N–H and O–H groups in total. The van der Waals surface area contributed by atoms with Crippen molar-refractivity contribution in [2.45, 2.75) is 0 Å². The normalized spacial score (nSPS) is 9.95. The lowest BCUT2D eigenvalue weighted by atomic mass is 10.2. The minimum absolute atomic E-state index is 0.0608. The van der Waals surface area contributed by atoms with Crippen molar-refractivity contribution in [1.82, 2.24) is 4.98 Å². The lowest BCUT2D eigenvalue weighted by Crippen LogP contribution is -2.15. The van der Waals surface area contributed by atoms with Crippen LogP contribution in [0.1, 0.15) is 10.5 Å². The number of hydrogen-bond acceptors (Lipinski definition) is 5. The minimum Gasteiger partial charge on any atom is -0.504 e. The molecule has 0 unspecified atom stereocenters. The molecule has 1 aromatic carbocycles. The Morgan fingerprint density at radius 3 is 2.84 bits per heavy atom. The fourth-order valence-corrected chi connectivity index (χ4v) is 1.57. The van der Waals surface area contributed by atoms with Crippen molar-refractivity contribution < 1.29 is 14.6 Å². The first-order chi connectivity index (χ1) is 9.11. The largest absolute Gasteiger partial charge is 0.504 e. The molecular formula is C13H13N3O3. The molecule has 1 aromatic heterocycles. The average Bonchev–Trinajstić information content (AvgIpc) is 2.39. The molecule has 0 aliphatic heterocycles. The Morgan fingerprint density at radius 2 is 2.21 bits per heavy atom. The maximum Gasteiger partial charge on any atom is 0.276 e. The number of aromatic hydroxyl groups is 1. The quantitative estimate of drug-likeness (QED) is 0.778. The van der Waals surface area contributed by atoms with Gasteiger partial charge in [-0.25, -0.2) is 4.98 Å². The van der Waals surface area contributed by atoms with Gasteiger partial charge in [0.2, 0.25) is 0 Å². The number of benzene rings is 1. The van der Waals surface area contributed by atoms with Gasteiger partial charge in [-0.3, -0.25) is 4.79 Å². The van der Waals surface area contributed by atoms with Crippen LogP contribution >= 0.6 is 0 Å². The molecule has 19 heavy (non-hydrogen) atoms. The van der Waals surface area contributed by atoms with E-state index in [0.717, 1.165) is 0 Å². The molecular weight excluding hydrogens is 246 g/mol. The predicted molar refractivity (Wildman–Crippen MR) is 71.3 cm³/mol. The highest BCUT2D eigenvalue weighted by molar-refractivity contribution is 6.06. The molecule has 0 atom stereocenters. The van der Waals surface area contributed by atoms with Crippen LogP contribution in [0.5, 0.6) is 11.5 Å². The molecule has 6 nitrogen and oxygen atoms in total. The molecule has 0 bridgehead atoms. The number of carbonyl (C=O) groups is 1. The van der Waals surface area contributed by atoms with Crippen molar-refractivity contribution in [3.05, 3.63) is 42.2 Å². The summed E-state index contributed by atoms with van der Waals surface area (Å²) in [6, 6.07) is 7.77. The predicted octanol–water partition coefficient (Wildman–Crippen LogP) is 1.63. The summed E-state index contributed by atoms with van der Waals surface area (Å²) in [5.74, 6) is -0.174. The number of carbonyl (C=O) groups excluding carboxylic acids is 1. The zero-order valence-corrected chi connectivity index (χ0v) is 10.3. The van der Waals surface area contributed by atoms with Gasteiger partial charge in [-0.05, 0) is 24.3 Å². The van der Waals surface area contributed by atoms with Crippen molar-refractivity contribution in [1.29, 1.82) is 0 Å². The lowest BCUT2D eigenvalue weighted by Gasteiger charge is -2.08. The maximum atomic E-state index is 11.9. The zero-order valence-electron chi connectivity index (χ0n) is 10.3. The summed E-state index contributed by atoms with van der Waals surface area (Å²) in [4.78, 5) is 15.8. The Labute approximate surface area is 109 Å². The number of aromatic nitrogens is 1. The van der Waals surface area contributed by atoms with Gasteiger partial charge in [-0.15, -0.1) is 0 Å². The van der Waals surface area contributed by atoms with Gasteiger partial charge >= 0.3 is 0 Å². The summed E-state index contributed by atoms with van der Waals surface area (Å²) in [6.45, 7) is 0. The third-order valence-electron chi connectivity index (χ3n) is 2.49. The summed E-state index contributed by atoms with van der Waals surface area (Å²) < 4.78 is 4.91. The molecule has 2 rings (SSSR count). The summed E-state index contributed by atoms with van der Waals surface area (Å²) in [5.41, 5.74) is 6.51. The van der Waals surface area contributed by atoms with E-state index in [1.807, 2.05) is 0 Å². The van der Waals surface area contributed by atoms with Gasteiger partial charge in [0.05, 0.1) is 12.8 Å². The van der Waals surface area contributed by atoms with Crippen LogP contribution in [0.3, 0.4) is 0 Å². The number of methoxy groups -OCH3 is 1. The topological polar surface area (TPSA) is 97.5 Å². The van der Waals surface area contributed by atoms with E-state index < -0.39 is 5.91 Å². The van der Waals surface area contributed by atoms with Crippen LogP contribution in [-0.4, -0.2) is 23.1 Å². The number of hydrogen-bond donors (Lipinski definition) is 3. The highest BCUT2D eigenvalue weighted by Gasteiger charge is 2.12. The Kier molecular flexibility index (Phi) is 3.51. The molecule has 6 heteroatoms. The first-order valence-corrected chi connectivity index (χ1v) is 5.50. The lowest BCUT2D eigenvalue weighted by molar-refractivity contribution is 0.102. The van der Waals surface area contributed by atoms with Crippen molar-refractivity contribution in [2.24, 2.45) is 0 Å². The van der Waals surface area contributed by atoms with Crippen LogP contribution in [-0.2, 0) is 0 Å². The monoisotopic (exact) mass is 259 g/mol. The Bertz CT molecular complexity index is 614. The van der Waals surface area contributed by atoms with Gasteiger partial charge in [-0.1, -0.05) is 0 Å². The van der Waals surface area contributed by atoms with Crippen molar-refractivity contribution in [2.75, 3.05) is 18.2 Å². The van der Waals surface area contributed by atoms with Crippen LogP contribution in [0.25, 0.3) is 0 Å².